The van der Waals surface area contributed by atoms with Crippen LogP contribution in [0.25, 0.3) is 0 Å². The van der Waals surface area contributed by atoms with E-state index in [4.69, 9.17) is 10.5 Å². The minimum absolute atomic E-state index is 0.0423. The number of amides is 4. The number of hydrogen-bond acceptors (Lipinski definition) is 5. The first-order chi connectivity index (χ1) is 17.2. The molecule has 1 aliphatic carbocycles. The van der Waals surface area contributed by atoms with Crippen LogP contribution in [-0.2, 0) is 19.1 Å². The Bertz CT molecular complexity index is 979. The fraction of sp³-hybridized carbons (Fsp3) is 0.643. The van der Waals surface area contributed by atoms with Crippen LogP contribution in [0.1, 0.15) is 95.9 Å². The van der Waals surface area contributed by atoms with E-state index >= 15 is 0 Å². The maximum absolute atomic E-state index is 14.0. The molecule has 1 aliphatic rings. The van der Waals surface area contributed by atoms with Crippen LogP contribution < -0.4 is 16.4 Å². The van der Waals surface area contributed by atoms with E-state index in [-0.39, 0.29) is 11.9 Å². The van der Waals surface area contributed by atoms with Gasteiger partial charge in [-0.05, 0) is 78.0 Å². The molecule has 4 amide bonds. The van der Waals surface area contributed by atoms with E-state index in [1.54, 1.807) is 34.6 Å². The average molecular weight is 517 g/mol. The molecule has 37 heavy (non-hydrogen) atoms. The maximum atomic E-state index is 14.0. The van der Waals surface area contributed by atoms with Gasteiger partial charge in [0.2, 0.25) is 17.7 Å². The summed E-state index contributed by atoms with van der Waals surface area (Å²) in [4.78, 5) is 53.6. The maximum Gasteiger partial charge on any atom is 0.408 e. The predicted octanol–water partition coefficient (Wildman–Crippen LogP) is 3.80. The molecule has 0 heterocycles. The zero-order chi connectivity index (χ0) is 27.9. The molecule has 206 valence electrons. The van der Waals surface area contributed by atoms with Crippen molar-refractivity contribution in [3.05, 3.63) is 34.9 Å². The normalized spacial score (nSPS) is 16.0. The van der Waals surface area contributed by atoms with Crippen molar-refractivity contribution in [2.24, 2.45) is 5.73 Å². The van der Waals surface area contributed by atoms with Crippen LogP contribution in [0.5, 0.6) is 0 Å². The standard InChI is InChI=1S/C28H44N4O5/c1-17(2)32(26(35)22(16-23(29)33)31-27(36)37-28(5,6)7)24(20-14-13-18(3)19(4)15-20)25(34)30-21-11-9-8-10-12-21/h13-15,17,21-22,24H,8-12,16H2,1-7H3,(H2,29,33)(H,30,34)(H,31,36). The molecule has 0 spiro atoms. The minimum atomic E-state index is -1.29. The Morgan fingerprint density at radius 1 is 1.05 bits per heavy atom. The van der Waals surface area contributed by atoms with Crippen LogP contribution in [-0.4, -0.2) is 52.4 Å². The summed E-state index contributed by atoms with van der Waals surface area (Å²) in [7, 11) is 0. The molecule has 0 bridgehead atoms. The highest BCUT2D eigenvalue weighted by Crippen LogP contribution is 2.28. The second-order valence-electron chi connectivity index (χ2n) is 11.3. The summed E-state index contributed by atoms with van der Waals surface area (Å²) in [6, 6.07) is 3.06. The van der Waals surface area contributed by atoms with E-state index in [1.165, 1.54) is 4.90 Å². The van der Waals surface area contributed by atoms with Gasteiger partial charge in [0.25, 0.3) is 0 Å². The van der Waals surface area contributed by atoms with E-state index in [0.29, 0.717) is 5.56 Å². The summed E-state index contributed by atoms with van der Waals surface area (Å²) in [5.41, 5.74) is 7.35. The number of nitrogens with two attached hydrogens (primary N) is 1. The second-order valence-corrected chi connectivity index (χ2v) is 11.3. The highest BCUT2D eigenvalue weighted by atomic mass is 16.6. The van der Waals surface area contributed by atoms with Crippen molar-refractivity contribution in [2.45, 2.75) is 117 Å². The molecule has 1 fully saturated rings. The van der Waals surface area contributed by atoms with Crippen LogP contribution in [0.4, 0.5) is 4.79 Å². The number of ether oxygens (including phenoxy) is 1. The summed E-state index contributed by atoms with van der Waals surface area (Å²) in [5, 5.41) is 5.66. The number of nitrogens with zero attached hydrogens (tertiary/aromatic N) is 1. The predicted molar refractivity (Wildman–Crippen MR) is 143 cm³/mol. The van der Waals surface area contributed by atoms with Gasteiger partial charge in [0, 0.05) is 12.1 Å². The van der Waals surface area contributed by atoms with Gasteiger partial charge in [-0.15, -0.1) is 0 Å². The molecule has 1 saturated carbocycles. The van der Waals surface area contributed by atoms with Gasteiger partial charge >= 0.3 is 6.09 Å². The van der Waals surface area contributed by atoms with Crippen LogP contribution in [0.2, 0.25) is 0 Å². The zero-order valence-electron chi connectivity index (χ0n) is 23.3. The van der Waals surface area contributed by atoms with Gasteiger partial charge in [-0.1, -0.05) is 37.5 Å². The Morgan fingerprint density at radius 3 is 2.19 bits per heavy atom. The van der Waals surface area contributed by atoms with Crippen LogP contribution in [0.3, 0.4) is 0 Å². The highest BCUT2D eigenvalue weighted by Gasteiger charge is 2.39. The van der Waals surface area contributed by atoms with Crippen molar-refractivity contribution in [3.63, 3.8) is 0 Å². The van der Waals surface area contributed by atoms with E-state index in [2.05, 4.69) is 10.6 Å². The summed E-state index contributed by atoms with van der Waals surface area (Å²) >= 11 is 0. The van der Waals surface area contributed by atoms with Gasteiger partial charge in [-0.3, -0.25) is 14.4 Å². The topological polar surface area (TPSA) is 131 Å². The molecule has 0 saturated heterocycles. The van der Waals surface area contributed by atoms with Gasteiger partial charge in [0.05, 0.1) is 6.42 Å². The third kappa shape index (κ3) is 9.05. The van der Waals surface area contributed by atoms with E-state index in [0.717, 1.165) is 43.2 Å². The van der Waals surface area contributed by atoms with Gasteiger partial charge < -0.3 is 26.0 Å². The number of nitrogens with one attached hydrogen (secondary N) is 2. The molecular formula is C28H44N4O5. The average Bonchev–Trinajstić information content (AvgIpc) is 2.77. The third-order valence-electron chi connectivity index (χ3n) is 6.53. The van der Waals surface area contributed by atoms with E-state index in [1.807, 2.05) is 32.0 Å². The van der Waals surface area contributed by atoms with Crippen molar-refractivity contribution in [1.29, 1.82) is 0 Å². The lowest BCUT2D eigenvalue weighted by Crippen LogP contribution is -2.56. The monoisotopic (exact) mass is 516 g/mol. The Balaban J connectivity index is 2.48. The number of aryl methyl sites for hydroxylation is 2. The molecule has 2 unspecified atom stereocenters. The molecule has 4 N–H and O–H groups in total. The van der Waals surface area contributed by atoms with Crippen molar-refractivity contribution in [3.8, 4) is 0 Å². The van der Waals surface area contributed by atoms with E-state index < -0.39 is 48.1 Å². The number of primary amides is 1. The molecular weight excluding hydrogens is 472 g/mol. The quantitative estimate of drug-likeness (QED) is 0.459. The third-order valence-corrected chi connectivity index (χ3v) is 6.53. The van der Waals surface area contributed by atoms with Crippen LogP contribution in [0, 0.1) is 13.8 Å². The Labute approximate surface area is 220 Å². The summed E-state index contributed by atoms with van der Waals surface area (Å²) in [6.45, 7) is 12.6. The molecule has 2 atom stereocenters. The fourth-order valence-electron chi connectivity index (χ4n) is 4.61. The summed E-state index contributed by atoms with van der Waals surface area (Å²) in [6.07, 6.45) is 3.76. The SMILES string of the molecule is Cc1ccc(C(C(=O)NC2CCCCC2)N(C(=O)C(CC(N)=O)NC(=O)OC(C)(C)C)C(C)C)cc1C. The zero-order valence-corrected chi connectivity index (χ0v) is 23.3. The van der Waals surface area contributed by atoms with Gasteiger partial charge in [0.15, 0.2) is 0 Å². The van der Waals surface area contributed by atoms with Gasteiger partial charge in [-0.25, -0.2) is 4.79 Å². The number of benzene rings is 1. The fourth-order valence-corrected chi connectivity index (χ4v) is 4.61. The second kappa shape index (κ2) is 12.9. The smallest absolute Gasteiger partial charge is 0.408 e. The molecule has 2 rings (SSSR count). The Hall–Kier alpha value is -3.10. The number of carbonyl (C=O) groups excluding carboxylic acids is 4. The van der Waals surface area contributed by atoms with Crippen LogP contribution >= 0.6 is 0 Å². The molecule has 1 aromatic carbocycles. The van der Waals surface area contributed by atoms with Gasteiger partial charge in [-0.2, -0.15) is 0 Å². The van der Waals surface area contributed by atoms with E-state index in [9.17, 15) is 19.2 Å². The lowest BCUT2D eigenvalue weighted by molar-refractivity contribution is -0.145. The summed E-state index contributed by atoms with van der Waals surface area (Å²) < 4.78 is 5.31. The number of rotatable bonds is 9. The number of alkyl carbamates (subject to hydrolysis) is 1. The Morgan fingerprint density at radius 2 is 1.68 bits per heavy atom. The largest absolute Gasteiger partial charge is 0.444 e. The molecule has 0 radical (unpaired) electrons. The lowest BCUT2D eigenvalue weighted by Gasteiger charge is -2.38. The lowest BCUT2D eigenvalue weighted by atomic mass is 9.93. The van der Waals surface area contributed by atoms with Crippen molar-refractivity contribution in [1.82, 2.24) is 15.5 Å². The molecule has 0 aromatic heterocycles. The van der Waals surface area contributed by atoms with Gasteiger partial charge in [0.1, 0.15) is 17.7 Å². The first kappa shape index (κ1) is 30.1. The molecule has 1 aromatic rings. The first-order valence-electron chi connectivity index (χ1n) is 13.2. The van der Waals surface area contributed by atoms with Crippen molar-refractivity contribution in [2.75, 3.05) is 0 Å². The first-order valence-corrected chi connectivity index (χ1v) is 13.2. The summed E-state index contributed by atoms with van der Waals surface area (Å²) in [5.74, 6) is -1.62. The van der Waals surface area contributed by atoms with Crippen molar-refractivity contribution >= 4 is 23.8 Å². The molecule has 0 aliphatic heterocycles. The highest BCUT2D eigenvalue weighted by molar-refractivity contribution is 5.94. The van der Waals surface area contributed by atoms with Crippen molar-refractivity contribution < 1.29 is 23.9 Å². The van der Waals surface area contributed by atoms with Crippen LogP contribution in [0.15, 0.2) is 18.2 Å². The molecule has 9 heteroatoms. The number of hydrogen-bond donors (Lipinski definition) is 3. The minimum Gasteiger partial charge on any atom is -0.444 e. The molecule has 9 nitrogen and oxygen atoms in total. The Kier molecular flexibility index (Phi) is 10.5. The number of carbonyl (C=O) groups is 4.